The fraction of sp³-hybridized carbons (Fsp3) is 0.231. The Kier molecular flexibility index (Phi) is 3.19. The lowest BCUT2D eigenvalue weighted by Crippen LogP contribution is -2.03. The summed E-state index contributed by atoms with van der Waals surface area (Å²) in [6, 6.07) is 12.9. The second-order valence-electron chi connectivity index (χ2n) is 3.61. The summed E-state index contributed by atoms with van der Waals surface area (Å²) in [6.07, 6.45) is 0.952. The maximum Gasteiger partial charge on any atom is 0.0348 e. The van der Waals surface area contributed by atoms with Crippen LogP contribution in [0.25, 0.3) is 10.4 Å². The fourth-order valence-electron chi connectivity index (χ4n) is 1.71. The zero-order valence-electron chi connectivity index (χ0n) is 8.86. The SMILES string of the molecule is Cc1ccc(-c2ccccc2CCN)s1. The van der Waals surface area contributed by atoms with E-state index in [1.165, 1.54) is 20.9 Å². The topological polar surface area (TPSA) is 26.0 Å². The van der Waals surface area contributed by atoms with Crippen LogP contribution in [0.3, 0.4) is 0 Å². The van der Waals surface area contributed by atoms with Crippen molar-refractivity contribution in [2.75, 3.05) is 6.54 Å². The molecule has 0 fully saturated rings. The summed E-state index contributed by atoms with van der Waals surface area (Å²) in [4.78, 5) is 2.70. The molecule has 2 N–H and O–H groups in total. The van der Waals surface area contributed by atoms with Crippen molar-refractivity contribution in [3.63, 3.8) is 0 Å². The van der Waals surface area contributed by atoms with Crippen molar-refractivity contribution in [3.05, 3.63) is 46.8 Å². The molecule has 0 saturated carbocycles. The Morgan fingerprint density at radius 1 is 1.13 bits per heavy atom. The largest absolute Gasteiger partial charge is 0.330 e. The summed E-state index contributed by atoms with van der Waals surface area (Å²) in [7, 11) is 0. The standard InChI is InChI=1S/C13H15NS/c1-10-6-7-13(15-10)12-5-3-2-4-11(12)8-9-14/h2-7H,8-9,14H2,1H3. The van der Waals surface area contributed by atoms with E-state index in [4.69, 9.17) is 5.73 Å². The van der Waals surface area contributed by atoms with E-state index in [2.05, 4.69) is 43.3 Å². The first-order chi connectivity index (χ1) is 7.31. The molecule has 0 radical (unpaired) electrons. The van der Waals surface area contributed by atoms with Crippen LogP contribution in [-0.2, 0) is 6.42 Å². The number of aryl methyl sites for hydroxylation is 1. The molecule has 1 aromatic carbocycles. The molecule has 0 saturated heterocycles. The molecule has 1 heterocycles. The van der Waals surface area contributed by atoms with Gasteiger partial charge in [0.2, 0.25) is 0 Å². The van der Waals surface area contributed by atoms with E-state index >= 15 is 0 Å². The van der Waals surface area contributed by atoms with Crippen molar-refractivity contribution in [3.8, 4) is 10.4 Å². The smallest absolute Gasteiger partial charge is 0.0348 e. The zero-order chi connectivity index (χ0) is 10.7. The van der Waals surface area contributed by atoms with E-state index in [-0.39, 0.29) is 0 Å². The van der Waals surface area contributed by atoms with Crippen LogP contribution >= 0.6 is 11.3 Å². The van der Waals surface area contributed by atoms with Gasteiger partial charge in [-0.1, -0.05) is 24.3 Å². The molecule has 0 bridgehead atoms. The predicted molar refractivity (Wildman–Crippen MR) is 67.3 cm³/mol. The first-order valence-electron chi connectivity index (χ1n) is 5.16. The summed E-state index contributed by atoms with van der Waals surface area (Å²) < 4.78 is 0. The summed E-state index contributed by atoms with van der Waals surface area (Å²) in [5.41, 5.74) is 8.30. The van der Waals surface area contributed by atoms with Crippen LogP contribution in [0.1, 0.15) is 10.4 Å². The maximum atomic E-state index is 5.62. The first kappa shape index (κ1) is 10.4. The van der Waals surface area contributed by atoms with E-state index in [0.29, 0.717) is 6.54 Å². The van der Waals surface area contributed by atoms with Crippen molar-refractivity contribution in [2.24, 2.45) is 5.73 Å². The van der Waals surface area contributed by atoms with Gasteiger partial charge in [0.15, 0.2) is 0 Å². The lowest BCUT2D eigenvalue weighted by molar-refractivity contribution is 0.971. The van der Waals surface area contributed by atoms with E-state index in [9.17, 15) is 0 Å². The average molecular weight is 217 g/mol. The Balaban J connectivity index is 2.42. The van der Waals surface area contributed by atoms with Gasteiger partial charge in [0.25, 0.3) is 0 Å². The van der Waals surface area contributed by atoms with E-state index < -0.39 is 0 Å². The number of nitrogens with two attached hydrogens (primary N) is 1. The lowest BCUT2D eigenvalue weighted by atomic mass is 10.0. The van der Waals surface area contributed by atoms with Gasteiger partial charge < -0.3 is 5.73 Å². The molecule has 15 heavy (non-hydrogen) atoms. The molecule has 0 aliphatic heterocycles. The molecule has 2 aromatic rings. The van der Waals surface area contributed by atoms with Gasteiger partial charge in [-0.05, 0) is 43.1 Å². The molecule has 1 aromatic heterocycles. The molecule has 0 spiro atoms. The van der Waals surface area contributed by atoms with Gasteiger partial charge in [0, 0.05) is 9.75 Å². The van der Waals surface area contributed by atoms with Crippen LogP contribution in [-0.4, -0.2) is 6.54 Å². The summed E-state index contributed by atoms with van der Waals surface area (Å²) in [6.45, 7) is 2.85. The number of benzene rings is 1. The third-order valence-corrected chi connectivity index (χ3v) is 3.47. The third-order valence-electron chi connectivity index (χ3n) is 2.44. The molecule has 78 valence electrons. The van der Waals surface area contributed by atoms with Crippen molar-refractivity contribution < 1.29 is 0 Å². The van der Waals surface area contributed by atoms with Crippen molar-refractivity contribution in [2.45, 2.75) is 13.3 Å². The maximum absolute atomic E-state index is 5.62. The molecular weight excluding hydrogens is 202 g/mol. The monoisotopic (exact) mass is 217 g/mol. The van der Waals surface area contributed by atoms with Crippen molar-refractivity contribution >= 4 is 11.3 Å². The molecule has 2 heteroatoms. The van der Waals surface area contributed by atoms with Gasteiger partial charge in [0.05, 0.1) is 0 Å². The third kappa shape index (κ3) is 2.28. The molecule has 1 nitrogen and oxygen atoms in total. The van der Waals surface area contributed by atoms with Gasteiger partial charge in [-0.15, -0.1) is 11.3 Å². The average Bonchev–Trinajstić information content (AvgIpc) is 2.66. The van der Waals surface area contributed by atoms with Crippen LogP contribution in [0.2, 0.25) is 0 Å². The minimum Gasteiger partial charge on any atom is -0.330 e. The second kappa shape index (κ2) is 4.60. The Labute approximate surface area is 94.6 Å². The molecule has 0 atom stereocenters. The minimum atomic E-state index is 0.710. The van der Waals surface area contributed by atoms with Crippen LogP contribution in [0.15, 0.2) is 36.4 Å². The first-order valence-corrected chi connectivity index (χ1v) is 5.97. The fourth-order valence-corrected chi connectivity index (χ4v) is 2.64. The Bertz CT molecular complexity index is 445. The van der Waals surface area contributed by atoms with Crippen LogP contribution in [0, 0.1) is 6.92 Å². The van der Waals surface area contributed by atoms with Crippen molar-refractivity contribution in [1.82, 2.24) is 0 Å². The van der Waals surface area contributed by atoms with Crippen LogP contribution in [0.4, 0.5) is 0 Å². The highest BCUT2D eigenvalue weighted by atomic mass is 32.1. The Morgan fingerprint density at radius 2 is 1.93 bits per heavy atom. The Hall–Kier alpha value is -1.12. The highest BCUT2D eigenvalue weighted by Crippen LogP contribution is 2.30. The highest BCUT2D eigenvalue weighted by Gasteiger charge is 2.05. The van der Waals surface area contributed by atoms with E-state index in [0.717, 1.165) is 6.42 Å². The summed E-state index contributed by atoms with van der Waals surface area (Å²) in [5, 5.41) is 0. The number of thiophene rings is 1. The quantitative estimate of drug-likeness (QED) is 0.839. The predicted octanol–water partition coefficient (Wildman–Crippen LogP) is 3.22. The van der Waals surface area contributed by atoms with Gasteiger partial charge in [-0.25, -0.2) is 0 Å². The Morgan fingerprint density at radius 3 is 2.60 bits per heavy atom. The van der Waals surface area contributed by atoms with Gasteiger partial charge >= 0.3 is 0 Å². The van der Waals surface area contributed by atoms with Gasteiger partial charge in [-0.2, -0.15) is 0 Å². The summed E-state index contributed by atoms with van der Waals surface area (Å²) >= 11 is 1.84. The summed E-state index contributed by atoms with van der Waals surface area (Å²) in [5.74, 6) is 0. The van der Waals surface area contributed by atoms with E-state index in [1.807, 2.05) is 11.3 Å². The molecule has 0 amide bonds. The second-order valence-corrected chi connectivity index (χ2v) is 4.89. The molecule has 0 aliphatic carbocycles. The molecule has 2 rings (SSSR count). The highest BCUT2D eigenvalue weighted by molar-refractivity contribution is 7.15. The van der Waals surface area contributed by atoms with Crippen molar-refractivity contribution in [1.29, 1.82) is 0 Å². The lowest BCUT2D eigenvalue weighted by Gasteiger charge is -2.05. The normalized spacial score (nSPS) is 10.5. The number of hydrogen-bond donors (Lipinski definition) is 1. The molecular formula is C13H15NS. The molecule has 0 aliphatic rings. The zero-order valence-corrected chi connectivity index (χ0v) is 9.68. The van der Waals surface area contributed by atoms with Crippen LogP contribution < -0.4 is 5.73 Å². The van der Waals surface area contributed by atoms with Crippen LogP contribution in [0.5, 0.6) is 0 Å². The minimum absolute atomic E-state index is 0.710. The molecule has 0 unspecified atom stereocenters. The van der Waals surface area contributed by atoms with Gasteiger partial charge in [0.1, 0.15) is 0 Å². The van der Waals surface area contributed by atoms with E-state index in [1.54, 1.807) is 0 Å². The van der Waals surface area contributed by atoms with Gasteiger partial charge in [-0.3, -0.25) is 0 Å². The number of hydrogen-bond acceptors (Lipinski definition) is 2. The number of rotatable bonds is 3.